The molecule has 0 saturated carbocycles. The molecule has 0 N–H and O–H groups in total. The van der Waals surface area contributed by atoms with Crippen molar-refractivity contribution in [3.63, 3.8) is 0 Å². The van der Waals surface area contributed by atoms with Gasteiger partial charge in [0.2, 0.25) is 0 Å². The van der Waals surface area contributed by atoms with Crippen molar-refractivity contribution < 1.29 is 9.66 Å². The van der Waals surface area contributed by atoms with Crippen LogP contribution in [-0.4, -0.2) is 12.0 Å². The first-order chi connectivity index (χ1) is 5.67. The highest BCUT2D eigenvalue weighted by Crippen LogP contribution is 2.15. The van der Waals surface area contributed by atoms with E-state index in [0.717, 1.165) is 6.42 Å². The van der Waals surface area contributed by atoms with E-state index in [1.807, 2.05) is 6.92 Å². The molecule has 12 heavy (non-hydrogen) atoms. The van der Waals surface area contributed by atoms with Gasteiger partial charge in [-0.25, -0.2) is 0 Å². The maximum atomic E-state index is 10.5. The molecule has 0 aliphatic heterocycles. The van der Waals surface area contributed by atoms with E-state index in [2.05, 4.69) is 0 Å². The van der Waals surface area contributed by atoms with Gasteiger partial charge < -0.3 is 4.74 Å². The summed E-state index contributed by atoms with van der Waals surface area (Å²) in [6, 6.07) is 0. The molecule has 0 aliphatic carbocycles. The standard InChI is InChI=1S/C8H15NO3/c1-4-6-8(12-3)7(5-2)9(10)11/h4-6H2,1-3H3. The van der Waals surface area contributed by atoms with Crippen molar-refractivity contribution in [2.75, 3.05) is 7.11 Å². The summed E-state index contributed by atoms with van der Waals surface area (Å²) in [5, 5.41) is 10.5. The summed E-state index contributed by atoms with van der Waals surface area (Å²) in [6.07, 6.45) is 1.91. The average Bonchev–Trinajstić information content (AvgIpc) is 2.03. The van der Waals surface area contributed by atoms with E-state index in [0.29, 0.717) is 18.6 Å². The molecule has 0 atom stereocenters. The zero-order chi connectivity index (χ0) is 9.56. The van der Waals surface area contributed by atoms with Crippen LogP contribution >= 0.6 is 0 Å². The Morgan fingerprint density at radius 2 is 2.08 bits per heavy atom. The van der Waals surface area contributed by atoms with E-state index in [9.17, 15) is 10.1 Å². The molecule has 0 radical (unpaired) electrons. The predicted octanol–water partition coefficient (Wildman–Crippen LogP) is 2.33. The van der Waals surface area contributed by atoms with Crippen molar-refractivity contribution in [2.45, 2.75) is 33.1 Å². The SMILES string of the molecule is CCCC(OC)=C(CC)[N+](=O)[O-]. The van der Waals surface area contributed by atoms with Gasteiger partial charge in [0.05, 0.1) is 12.0 Å². The van der Waals surface area contributed by atoms with Crippen molar-refractivity contribution in [1.82, 2.24) is 0 Å². The van der Waals surface area contributed by atoms with Crippen molar-refractivity contribution in [1.29, 1.82) is 0 Å². The molecule has 0 aliphatic rings. The van der Waals surface area contributed by atoms with Crippen LogP contribution in [-0.2, 0) is 4.74 Å². The van der Waals surface area contributed by atoms with Crippen molar-refractivity contribution in [3.8, 4) is 0 Å². The summed E-state index contributed by atoms with van der Waals surface area (Å²) in [6.45, 7) is 3.72. The van der Waals surface area contributed by atoms with E-state index in [-0.39, 0.29) is 10.6 Å². The van der Waals surface area contributed by atoms with Crippen LogP contribution < -0.4 is 0 Å². The number of rotatable bonds is 5. The molecule has 0 heterocycles. The van der Waals surface area contributed by atoms with Gasteiger partial charge in [-0.05, 0) is 6.42 Å². The van der Waals surface area contributed by atoms with E-state index in [4.69, 9.17) is 4.74 Å². The number of nitro groups is 1. The third kappa shape index (κ3) is 2.90. The molecule has 70 valence electrons. The summed E-state index contributed by atoms with van der Waals surface area (Å²) in [7, 11) is 1.48. The summed E-state index contributed by atoms with van der Waals surface area (Å²) in [5.74, 6) is 0.505. The Kier molecular flexibility index (Phi) is 5.08. The van der Waals surface area contributed by atoms with Gasteiger partial charge in [0, 0.05) is 12.8 Å². The molecular formula is C8H15NO3. The lowest BCUT2D eigenvalue weighted by Crippen LogP contribution is -2.03. The Bertz CT molecular complexity index is 187. The van der Waals surface area contributed by atoms with Crippen molar-refractivity contribution >= 4 is 0 Å². The molecule has 4 heteroatoms. The minimum absolute atomic E-state index is 0.194. The highest BCUT2D eigenvalue weighted by Gasteiger charge is 2.15. The van der Waals surface area contributed by atoms with E-state index in [1.54, 1.807) is 6.92 Å². The number of hydrogen-bond donors (Lipinski definition) is 0. The van der Waals surface area contributed by atoms with E-state index < -0.39 is 0 Å². The summed E-state index contributed by atoms with van der Waals surface area (Å²) in [4.78, 5) is 10.1. The number of nitrogens with zero attached hydrogens (tertiary/aromatic N) is 1. The number of hydrogen-bond acceptors (Lipinski definition) is 3. The minimum Gasteiger partial charge on any atom is -0.494 e. The Hall–Kier alpha value is -1.06. The number of ether oxygens (including phenoxy) is 1. The first-order valence-electron chi connectivity index (χ1n) is 4.07. The van der Waals surface area contributed by atoms with Crippen LogP contribution in [0.25, 0.3) is 0 Å². The van der Waals surface area contributed by atoms with Crippen LogP contribution in [0.4, 0.5) is 0 Å². The average molecular weight is 173 g/mol. The second-order valence-electron chi connectivity index (χ2n) is 2.43. The number of allylic oxidation sites excluding steroid dienone is 2. The van der Waals surface area contributed by atoms with Crippen LogP contribution in [0.2, 0.25) is 0 Å². The first kappa shape index (κ1) is 10.9. The van der Waals surface area contributed by atoms with Gasteiger partial charge in [0.1, 0.15) is 0 Å². The Morgan fingerprint density at radius 3 is 2.33 bits per heavy atom. The van der Waals surface area contributed by atoms with Crippen LogP contribution in [0, 0.1) is 10.1 Å². The minimum atomic E-state index is -0.367. The molecule has 0 aromatic carbocycles. The van der Waals surface area contributed by atoms with Gasteiger partial charge in [-0.15, -0.1) is 0 Å². The first-order valence-corrected chi connectivity index (χ1v) is 4.07. The molecule has 0 fully saturated rings. The summed E-state index contributed by atoms with van der Waals surface area (Å²) < 4.78 is 4.94. The lowest BCUT2D eigenvalue weighted by atomic mass is 10.2. The lowest BCUT2D eigenvalue weighted by Gasteiger charge is -2.04. The third-order valence-electron chi connectivity index (χ3n) is 1.60. The fourth-order valence-electron chi connectivity index (χ4n) is 1.02. The Morgan fingerprint density at radius 1 is 1.50 bits per heavy atom. The summed E-state index contributed by atoms with van der Waals surface area (Å²) in [5.41, 5.74) is 0.194. The molecule has 0 bridgehead atoms. The second-order valence-corrected chi connectivity index (χ2v) is 2.43. The highest BCUT2D eigenvalue weighted by atomic mass is 16.6. The fourth-order valence-corrected chi connectivity index (χ4v) is 1.02. The normalized spacial score (nSPS) is 12.2. The van der Waals surface area contributed by atoms with E-state index in [1.165, 1.54) is 7.11 Å². The van der Waals surface area contributed by atoms with Crippen molar-refractivity contribution in [2.24, 2.45) is 0 Å². The maximum Gasteiger partial charge on any atom is 0.283 e. The molecule has 4 nitrogen and oxygen atoms in total. The smallest absolute Gasteiger partial charge is 0.283 e. The second kappa shape index (κ2) is 5.57. The lowest BCUT2D eigenvalue weighted by molar-refractivity contribution is -0.430. The summed E-state index contributed by atoms with van der Waals surface area (Å²) >= 11 is 0. The molecule has 0 aromatic rings. The fraction of sp³-hybridized carbons (Fsp3) is 0.750. The molecular weight excluding hydrogens is 158 g/mol. The van der Waals surface area contributed by atoms with Gasteiger partial charge in [-0.3, -0.25) is 10.1 Å². The van der Waals surface area contributed by atoms with Gasteiger partial charge in [0.15, 0.2) is 5.76 Å². The van der Waals surface area contributed by atoms with Crippen LogP contribution in [0.15, 0.2) is 11.5 Å². The third-order valence-corrected chi connectivity index (χ3v) is 1.60. The van der Waals surface area contributed by atoms with Crippen LogP contribution in [0.3, 0.4) is 0 Å². The molecule has 0 saturated heterocycles. The molecule has 0 spiro atoms. The molecule has 0 aromatic heterocycles. The Labute approximate surface area is 72.4 Å². The zero-order valence-electron chi connectivity index (χ0n) is 7.79. The van der Waals surface area contributed by atoms with Crippen LogP contribution in [0.5, 0.6) is 0 Å². The highest BCUT2D eigenvalue weighted by molar-refractivity contribution is 4.99. The van der Waals surface area contributed by atoms with Gasteiger partial charge in [-0.1, -0.05) is 13.8 Å². The maximum absolute atomic E-state index is 10.5. The van der Waals surface area contributed by atoms with Crippen molar-refractivity contribution in [3.05, 3.63) is 21.6 Å². The van der Waals surface area contributed by atoms with Gasteiger partial charge in [0.25, 0.3) is 5.70 Å². The predicted molar refractivity (Wildman–Crippen MR) is 46.2 cm³/mol. The topological polar surface area (TPSA) is 52.4 Å². The molecule has 0 rings (SSSR count). The van der Waals surface area contributed by atoms with Gasteiger partial charge in [-0.2, -0.15) is 0 Å². The number of methoxy groups -OCH3 is 1. The molecule has 0 unspecified atom stereocenters. The zero-order valence-corrected chi connectivity index (χ0v) is 7.79. The van der Waals surface area contributed by atoms with E-state index >= 15 is 0 Å². The largest absolute Gasteiger partial charge is 0.494 e. The quantitative estimate of drug-likeness (QED) is 0.364. The molecule has 0 amide bonds. The Balaban J connectivity index is 4.61. The van der Waals surface area contributed by atoms with Crippen LogP contribution in [0.1, 0.15) is 33.1 Å². The van der Waals surface area contributed by atoms with Gasteiger partial charge >= 0.3 is 0 Å². The monoisotopic (exact) mass is 173 g/mol.